The van der Waals surface area contributed by atoms with E-state index in [1.807, 2.05) is 0 Å². The molecular formula is C14H10CuO4. The van der Waals surface area contributed by atoms with E-state index in [1.54, 1.807) is 36.4 Å². The molecule has 0 unspecified atom stereocenters. The molecular weight excluding hydrogens is 296 g/mol. The molecule has 0 atom stereocenters. The zero-order valence-electron chi connectivity index (χ0n) is 9.71. The van der Waals surface area contributed by atoms with Gasteiger partial charge in [0, 0.05) is 0 Å². The Labute approximate surface area is 120 Å². The molecule has 101 valence electrons. The summed E-state index contributed by atoms with van der Waals surface area (Å²) >= 11 is 0. The smallest absolute Gasteiger partial charge is 0.870 e. The fraction of sp³-hybridized carbons (Fsp3) is 0. The van der Waals surface area contributed by atoms with Crippen LogP contribution in [0.25, 0.3) is 0 Å². The summed E-state index contributed by atoms with van der Waals surface area (Å²) in [6.45, 7) is 0. The third-order valence-corrected chi connectivity index (χ3v) is 1.92. The fourth-order valence-corrected chi connectivity index (χ4v) is 1.03. The fourth-order valence-electron chi connectivity index (χ4n) is 1.03. The normalized spacial score (nSPS) is 8.42. The van der Waals surface area contributed by atoms with Gasteiger partial charge in [-0.25, -0.2) is 0 Å². The van der Waals surface area contributed by atoms with E-state index in [0.717, 1.165) is 0 Å². The van der Waals surface area contributed by atoms with Crippen LogP contribution >= 0.6 is 0 Å². The molecule has 0 aliphatic heterocycles. The molecule has 0 fully saturated rings. The van der Waals surface area contributed by atoms with Gasteiger partial charge < -0.3 is 10.2 Å². The predicted octanol–water partition coefficient (Wildman–Crippen LogP) is 0.238. The standard InChI is InChI=1S/2C7H6O2.Cu/c2*8-6-4-2-1-3-5-7(6)9;/h2*1-5H,(H,8,9);/q;;+2/p-2. The molecule has 0 aliphatic rings. The molecule has 0 saturated carbocycles. The van der Waals surface area contributed by atoms with Crippen LogP contribution in [0.2, 0.25) is 0 Å². The molecule has 0 N–H and O–H groups in total. The average Bonchev–Trinajstić information content (AvgIpc) is 2.65. The van der Waals surface area contributed by atoms with Crippen molar-refractivity contribution in [3.63, 3.8) is 0 Å². The Morgan fingerprint density at radius 3 is 1.26 bits per heavy atom. The second-order valence-electron chi connectivity index (χ2n) is 3.28. The Morgan fingerprint density at radius 1 is 0.579 bits per heavy atom. The van der Waals surface area contributed by atoms with Crippen LogP contribution < -0.4 is 21.1 Å². The average molecular weight is 306 g/mol. The zero-order chi connectivity index (χ0) is 13.4. The van der Waals surface area contributed by atoms with Crippen molar-refractivity contribution in [1.82, 2.24) is 0 Å². The quantitative estimate of drug-likeness (QED) is 0.653. The topological polar surface area (TPSA) is 80.3 Å². The van der Waals surface area contributed by atoms with Crippen molar-refractivity contribution in [1.29, 1.82) is 0 Å². The van der Waals surface area contributed by atoms with E-state index in [4.69, 9.17) is 0 Å². The first-order valence-electron chi connectivity index (χ1n) is 5.14. The molecule has 0 aliphatic carbocycles. The molecule has 0 amide bonds. The Morgan fingerprint density at radius 2 is 0.895 bits per heavy atom. The van der Waals surface area contributed by atoms with E-state index < -0.39 is 22.4 Å². The minimum absolute atomic E-state index is 0. The van der Waals surface area contributed by atoms with Crippen LogP contribution in [-0.2, 0) is 17.1 Å². The Kier molecular flexibility index (Phi) is 7.93. The second kappa shape index (κ2) is 8.91. The van der Waals surface area contributed by atoms with E-state index >= 15 is 0 Å². The van der Waals surface area contributed by atoms with Crippen molar-refractivity contribution < 1.29 is 27.3 Å². The van der Waals surface area contributed by atoms with Gasteiger partial charge in [-0.15, -0.1) is 0 Å². The summed E-state index contributed by atoms with van der Waals surface area (Å²) in [5.41, 5.74) is -0.917. The van der Waals surface area contributed by atoms with Crippen molar-refractivity contribution in [2.24, 2.45) is 0 Å². The maximum Gasteiger partial charge on any atom is 2.00 e. The Balaban J connectivity index is 0.000000324. The molecule has 19 heavy (non-hydrogen) atoms. The van der Waals surface area contributed by atoms with Crippen LogP contribution in [-0.4, -0.2) is 0 Å². The maximum absolute atomic E-state index is 10.5. The third-order valence-electron chi connectivity index (χ3n) is 1.92. The summed E-state index contributed by atoms with van der Waals surface area (Å²) in [7, 11) is 0. The predicted molar refractivity (Wildman–Crippen MR) is 64.3 cm³/mol. The summed E-state index contributed by atoms with van der Waals surface area (Å²) in [4.78, 5) is 21.0. The van der Waals surface area contributed by atoms with Gasteiger partial charge in [-0.05, 0) is 12.1 Å². The number of hydrogen-bond donors (Lipinski definition) is 0. The van der Waals surface area contributed by atoms with E-state index in [0.29, 0.717) is 0 Å². The van der Waals surface area contributed by atoms with Crippen molar-refractivity contribution in [3.8, 4) is 11.5 Å². The van der Waals surface area contributed by atoms with Crippen LogP contribution in [0.1, 0.15) is 0 Å². The molecule has 5 heteroatoms. The molecule has 0 spiro atoms. The molecule has 0 aromatic heterocycles. The van der Waals surface area contributed by atoms with Gasteiger partial charge in [-0.3, -0.25) is 9.59 Å². The maximum atomic E-state index is 10.5. The Hall–Kier alpha value is -2.10. The van der Waals surface area contributed by atoms with Crippen LogP contribution in [0.5, 0.6) is 11.5 Å². The van der Waals surface area contributed by atoms with Crippen LogP contribution in [0.3, 0.4) is 0 Å². The molecule has 4 nitrogen and oxygen atoms in total. The first-order valence-corrected chi connectivity index (χ1v) is 5.14. The van der Waals surface area contributed by atoms with Gasteiger partial charge in [0.25, 0.3) is 0 Å². The summed E-state index contributed by atoms with van der Waals surface area (Å²) < 4.78 is 0. The largest absolute Gasteiger partial charge is 2.00 e. The number of hydrogen-bond acceptors (Lipinski definition) is 4. The van der Waals surface area contributed by atoms with E-state index in [-0.39, 0.29) is 17.1 Å². The molecule has 0 heterocycles. The monoisotopic (exact) mass is 305 g/mol. The van der Waals surface area contributed by atoms with E-state index in [1.165, 1.54) is 24.3 Å². The molecule has 2 aromatic rings. The van der Waals surface area contributed by atoms with Crippen molar-refractivity contribution in [2.45, 2.75) is 0 Å². The first-order chi connectivity index (χ1) is 8.61. The van der Waals surface area contributed by atoms with Gasteiger partial charge >= 0.3 is 17.1 Å². The van der Waals surface area contributed by atoms with Gasteiger partial charge in [0.15, 0.2) is 10.9 Å². The van der Waals surface area contributed by atoms with E-state index in [2.05, 4.69) is 0 Å². The summed E-state index contributed by atoms with van der Waals surface area (Å²) in [5, 5.41) is 21.0. The summed E-state index contributed by atoms with van der Waals surface area (Å²) in [6, 6.07) is 14.5. The molecule has 0 bridgehead atoms. The molecule has 2 rings (SSSR count). The zero-order valence-corrected chi connectivity index (χ0v) is 10.6. The molecule has 2 aromatic carbocycles. The van der Waals surface area contributed by atoms with Gasteiger partial charge in [0.05, 0.1) is 0 Å². The van der Waals surface area contributed by atoms with Gasteiger partial charge in [-0.1, -0.05) is 60.0 Å². The Bertz CT molecular complexity index is 572. The van der Waals surface area contributed by atoms with Crippen LogP contribution in [0, 0.1) is 0 Å². The second-order valence-corrected chi connectivity index (χ2v) is 3.28. The first kappa shape index (κ1) is 16.9. The minimum Gasteiger partial charge on any atom is -0.870 e. The van der Waals surface area contributed by atoms with Crippen LogP contribution in [0.4, 0.5) is 0 Å². The van der Waals surface area contributed by atoms with E-state index in [9.17, 15) is 19.8 Å². The van der Waals surface area contributed by atoms with Gasteiger partial charge in [0.1, 0.15) is 0 Å². The number of rotatable bonds is 0. The van der Waals surface area contributed by atoms with Crippen molar-refractivity contribution >= 4 is 0 Å². The summed E-state index contributed by atoms with van der Waals surface area (Å²) in [6.07, 6.45) is 0. The molecule has 1 radical (unpaired) electrons. The van der Waals surface area contributed by atoms with Gasteiger partial charge in [0.2, 0.25) is 0 Å². The molecule has 0 saturated heterocycles. The van der Waals surface area contributed by atoms with Crippen molar-refractivity contribution in [3.05, 3.63) is 81.1 Å². The van der Waals surface area contributed by atoms with Crippen molar-refractivity contribution in [2.75, 3.05) is 0 Å². The summed E-state index contributed by atoms with van der Waals surface area (Å²) in [5.74, 6) is -0.917. The SMILES string of the molecule is O=c1cccccc1[O-].O=c1cccccc1[O-].[Cu+2]. The van der Waals surface area contributed by atoms with Gasteiger partial charge in [-0.2, -0.15) is 0 Å². The minimum atomic E-state index is -0.458. The van der Waals surface area contributed by atoms with Crippen LogP contribution in [0.15, 0.2) is 70.3 Å². The third kappa shape index (κ3) is 6.40.